The number of nitrogens with zero attached hydrogens (tertiary/aromatic N) is 2. The number of hydrogen-bond donors (Lipinski definition) is 1. The fraction of sp³-hybridized carbons (Fsp3) is 0.357. The molecule has 4 heteroatoms. The first-order valence-corrected chi connectivity index (χ1v) is 5.96. The Morgan fingerprint density at radius 1 is 1.17 bits per heavy atom. The van der Waals surface area contributed by atoms with Crippen molar-refractivity contribution >= 4 is 5.69 Å². The van der Waals surface area contributed by atoms with E-state index in [1.54, 1.807) is 0 Å². The minimum atomic E-state index is 0.517. The first-order valence-electron chi connectivity index (χ1n) is 5.96. The van der Waals surface area contributed by atoms with Gasteiger partial charge >= 0.3 is 0 Å². The third-order valence-electron chi connectivity index (χ3n) is 2.95. The third kappa shape index (κ3) is 2.47. The Bertz CT molecular complexity index is 549. The molecule has 0 bridgehead atoms. The van der Waals surface area contributed by atoms with Gasteiger partial charge in [0.25, 0.3) is 0 Å². The topological polar surface area (TPSA) is 53.1 Å². The van der Waals surface area contributed by atoms with E-state index in [0.29, 0.717) is 6.61 Å². The second-order valence-electron chi connectivity index (χ2n) is 4.67. The van der Waals surface area contributed by atoms with E-state index < -0.39 is 0 Å². The molecule has 2 N–H and O–H groups in total. The summed E-state index contributed by atoms with van der Waals surface area (Å²) in [4.78, 5) is 0. The van der Waals surface area contributed by atoms with Crippen LogP contribution in [0.25, 0.3) is 0 Å². The van der Waals surface area contributed by atoms with E-state index in [1.807, 2.05) is 50.7 Å². The van der Waals surface area contributed by atoms with E-state index in [1.165, 1.54) is 0 Å². The zero-order valence-corrected chi connectivity index (χ0v) is 11.3. The monoisotopic (exact) mass is 245 g/mol. The maximum absolute atomic E-state index is 5.89. The van der Waals surface area contributed by atoms with E-state index >= 15 is 0 Å². The van der Waals surface area contributed by atoms with Crippen molar-refractivity contribution < 1.29 is 4.74 Å². The maximum Gasteiger partial charge on any atom is 0.130 e. The van der Waals surface area contributed by atoms with Crippen LogP contribution in [0, 0.1) is 20.8 Å². The summed E-state index contributed by atoms with van der Waals surface area (Å²) in [6, 6.07) is 5.88. The van der Waals surface area contributed by atoms with Crippen LogP contribution < -0.4 is 10.5 Å². The van der Waals surface area contributed by atoms with Gasteiger partial charge in [0.1, 0.15) is 12.4 Å². The molecule has 0 spiro atoms. The van der Waals surface area contributed by atoms with Gasteiger partial charge in [0.05, 0.1) is 11.4 Å². The summed E-state index contributed by atoms with van der Waals surface area (Å²) < 4.78 is 7.73. The molecule has 18 heavy (non-hydrogen) atoms. The summed E-state index contributed by atoms with van der Waals surface area (Å²) >= 11 is 0. The SMILES string of the molecule is Cc1cc(COc2c(C)cc(N)cc2C)n(C)n1. The summed E-state index contributed by atoms with van der Waals surface area (Å²) in [6.45, 7) is 6.51. The molecule has 0 amide bonds. The van der Waals surface area contributed by atoms with Crippen molar-refractivity contribution in [1.82, 2.24) is 9.78 Å². The number of aromatic nitrogens is 2. The van der Waals surface area contributed by atoms with Gasteiger partial charge in [0, 0.05) is 12.7 Å². The lowest BCUT2D eigenvalue weighted by Crippen LogP contribution is -2.05. The second kappa shape index (κ2) is 4.72. The Morgan fingerprint density at radius 3 is 2.28 bits per heavy atom. The van der Waals surface area contributed by atoms with Gasteiger partial charge in [-0.1, -0.05) is 0 Å². The molecule has 2 aromatic rings. The maximum atomic E-state index is 5.89. The third-order valence-corrected chi connectivity index (χ3v) is 2.95. The first-order chi connectivity index (χ1) is 8.47. The van der Waals surface area contributed by atoms with Crippen molar-refractivity contribution in [2.45, 2.75) is 27.4 Å². The van der Waals surface area contributed by atoms with Crippen LogP contribution >= 0.6 is 0 Å². The summed E-state index contributed by atoms with van der Waals surface area (Å²) in [6.07, 6.45) is 0. The number of nitrogens with two attached hydrogens (primary N) is 1. The van der Waals surface area contributed by atoms with E-state index in [-0.39, 0.29) is 0 Å². The number of anilines is 1. The van der Waals surface area contributed by atoms with E-state index in [9.17, 15) is 0 Å². The lowest BCUT2D eigenvalue weighted by atomic mass is 10.1. The molecule has 1 aromatic carbocycles. The molecule has 1 heterocycles. The normalized spacial score (nSPS) is 10.7. The van der Waals surface area contributed by atoms with Gasteiger partial charge in [-0.15, -0.1) is 0 Å². The molecule has 2 rings (SSSR count). The van der Waals surface area contributed by atoms with Gasteiger partial charge in [-0.2, -0.15) is 5.10 Å². The summed E-state index contributed by atoms with van der Waals surface area (Å²) in [5.41, 5.74) is 10.7. The zero-order valence-electron chi connectivity index (χ0n) is 11.3. The molecule has 0 unspecified atom stereocenters. The molecule has 0 atom stereocenters. The van der Waals surface area contributed by atoms with Crippen molar-refractivity contribution in [2.24, 2.45) is 7.05 Å². The van der Waals surface area contributed by atoms with Crippen LogP contribution in [0.4, 0.5) is 5.69 Å². The molecule has 0 radical (unpaired) electrons. The zero-order chi connectivity index (χ0) is 13.3. The highest BCUT2D eigenvalue weighted by molar-refractivity contribution is 5.52. The molecular weight excluding hydrogens is 226 g/mol. The average molecular weight is 245 g/mol. The lowest BCUT2D eigenvalue weighted by Gasteiger charge is -2.13. The predicted octanol–water partition coefficient (Wildman–Crippen LogP) is 2.51. The van der Waals surface area contributed by atoms with Crippen LogP contribution in [-0.4, -0.2) is 9.78 Å². The lowest BCUT2D eigenvalue weighted by molar-refractivity contribution is 0.291. The summed E-state index contributed by atoms with van der Waals surface area (Å²) in [5, 5.41) is 4.30. The first kappa shape index (κ1) is 12.5. The molecule has 1 aromatic heterocycles. The minimum absolute atomic E-state index is 0.517. The molecule has 0 aliphatic heterocycles. The molecule has 4 nitrogen and oxygen atoms in total. The molecular formula is C14H19N3O. The average Bonchev–Trinajstić information content (AvgIpc) is 2.55. The molecule has 96 valence electrons. The standard InChI is InChI=1S/C14H19N3O/c1-9-5-12(15)6-10(2)14(9)18-8-13-7-11(3)16-17(13)4/h5-7H,8,15H2,1-4H3. The molecule has 0 saturated carbocycles. The van der Waals surface area contributed by atoms with E-state index in [4.69, 9.17) is 10.5 Å². The molecule has 0 fully saturated rings. The number of benzene rings is 1. The van der Waals surface area contributed by atoms with Gasteiger partial charge in [0.2, 0.25) is 0 Å². The number of hydrogen-bond acceptors (Lipinski definition) is 3. The van der Waals surface area contributed by atoms with Crippen molar-refractivity contribution in [3.05, 3.63) is 40.7 Å². The Balaban J connectivity index is 2.18. The van der Waals surface area contributed by atoms with Gasteiger partial charge in [-0.05, 0) is 50.1 Å². The smallest absolute Gasteiger partial charge is 0.130 e. The largest absolute Gasteiger partial charge is 0.487 e. The summed E-state index contributed by atoms with van der Waals surface area (Å²) in [5.74, 6) is 0.906. The number of nitrogen functional groups attached to an aromatic ring is 1. The van der Waals surface area contributed by atoms with Crippen LogP contribution in [0.1, 0.15) is 22.5 Å². The molecule has 0 saturated heterocycles. The van der Waals surface area contributed by atoms with Gasteiger partial charge in [0.15, 0.2) is 0 Å². The fourth-order valence-corrected chi connectivity index (χ4v) is 2.16. The Labute approximate surface area is 107 Å². The van der Waals surface area contributed by atoms with E-state index in [2.05, 4.69) is 5.10 Å². The van der Waals surface area contributed by atoms with Gasteiger partial charge < -0.3 is 10.5 Å². The number of aryl methyl sites for hydroxylation is 4. The highest BCUT2D eigenvalue weighted by atomic mass is 16.5. The quantitative estimate of drug-likeness (QED) is 0.845. The van der Waals surface area contributed by atoms with E-state index in [0.717, 1.165) is 34.0 Å². The molecule has 0 aliphatic carbocycles. The molecule has 0 aliphatic rings. The van der Waals surface area contributed by atoms with Crippen molar-refractivity contribution in [1.29, 1.82) is 0 Å². The fourth-order valence-electron chi connectivity index (χ4n) is 2.16. The van der Waals surface area contributed by atoms with Crippen LogP contribution in [0.3, 0.4) is 0 Å². The van der Waals surface area contributed by atoms with Crippen LogP contribution in [0.2, 0.25) is 0 Å². The summed E-state index contributed by atoms with van der Waals surface area (Å²) in [7, 11) is 1.92. The van der Waals surface area contributed by atoms with Crippen molar-refractivity contribution in [2.75, 3.05) is 5.73 Å². The Kier molecular flexibility index (Phi) is 3.28. The van der Waals surface area contributed by atoms with Gasteiger partial charge in [-0.3, -0.25) is 4.68 Å². The van der Waals surface area contributed by atoms with Crippen LogP contribution in [0.15, 0.2) is 18.2 Å². The van der Waals surface area contributed by atoms with Crippen LogP contribution in [0.5, 0.6) is 5.75 Å². The highest BCUT2D eigenvalue weighted by Crippen LogP contribution is 2.26. The van der Waals surface area contributed by atoms with Crippen molar-refractivity contribution in [3.63, 3.8) is 0 Å². The highest BCUT2D eigenvalue weighted by Gasteiger charge is 2.08. The minimum Gasteiger partial charge on any atom is -0.487 e. The second-order valence-corrected chi connectivity index (χ2v) is 4.67. The van der Waals surface area contributed by atoms with Crippen molar-refractivity contribution in [3.8, 4) is 5.75 Å². The predicted molar refractivity (Wildman–Crippen MR) is 72.6 cm³/mol. The number of ether oxygens (including phenoxy) is 1. The number of rotatable bonds is 3. The Hall–Kier alpha value is -1.97. The Morgan fingerprint density at radius 2 is 1.78 bits per heavy atom. The van der Waals surface area contributed by atoms with Crippen LogP contribution in [-0.2, 0) is 13.7 Å². The van der Waals surface area contributed by atoms with Gasteiger partial charge in [-0.25, -0.2) is 0 Å².